The summed E-state index contributed by atoms with van der Waals surface area (Å²) in [4.78, 5) is 15.1. The van der Waals surface area contributed by atoms with Crippen molar-refractivity contribution in [3.63, 3.8) is 0 Å². The molecular formula is C15H18N2O3S. The van der Waals surface area contributed by atoms with Gasteiger partial charge in [0, 0.05) is 11.9 Å². The molecule has 1 aromatic carbocycles. The van der Waals surface area contributed by atoms with Crippen LogP contribution in [-0.2, 0) is 4.79 Å². The zero-order valence-electron chi connectivity index (χ0n) is 12.1. The first-order valence-electron chi connectivity index (χ1n) is 6.74. The molecule has 0 spiro atoms. The maximum Gasteiger partial charge on any atom is 0.313 e. The highest BCUT2D eigenvalue weighted by molar-refractivity contribution is 7.99. The van der Waals surface area contributed by atoms with Crippen LogP contribution in [0.1, 0.15) is 19.0 Å². The molecule has 2 aromatic rings. The zero-order chi connectivity index (χ0) is 15.2. The Morgan fingerprint density at radius 1 is 1.38 bits per heavy atom. The Kier molecular flexibility index (Phi) is 5.27. The van der Waals surface area contributed by atoms with E-state index in [0.717, 1.165) is 23.6 Å². The van der Waals surface area contributed by atoms with E-state index in [9.17, 15) is 4.79 Å². The van der Waals surface area contributed by atoms with Crippen LogP contribution < -0.4 is 4.74 Å². The van der Waals surface area contributed by atoms with E-state index in [-0.39, 0.29) is 5.75 Å². The SMILES string of the molecule is CCCOc1ccc(-n2cc(C)nc2SCC(=O)O)cc1. The van der Waals surface area contributed by atoms with E-state index in [0.29, 0.717) is 11.8 Å². The molecule has 1 heterocycles. The fourth-order valence-corrected chi connectivity index (χ4v) is 2.57. The number of aliphatic carboxylic acids is 1. The Bertz CT molecular complexity index is 608. The predicted octanol–water partition coefficient (Wildman–Crippen LogP) is 3.15. The second kappa shape index (κ2) is 7.17. The molecule has 0 saturated carbocycles. The zero-order valence-corrected chi connectivity index (χ0v) is 12.9. The van der Waals surface area contributed by atoms with E-state index >= 15 is 0 Å². The summed E-state index contributed by atoms with van der Waals surface area (Å²) >= 11 is 1.21. The van der Waals surface area contributed by atoms with Crippen molar-refractivity contribution in [3.05, 3.63) is 36.2 Å². The van der Waals surface area contributed by atoms with Crippen molar-refractivity contribution in [2.24, 2.45) is 0 Å². The lowest BCUT2D eigenvalue weighted by atomic mass is 10.3. The maximum atomic E-state index is 10.7. The van der Waals surface area contributed by atoms with Gasteiger partial charge < -0.3 is 9.84 Å². The van der Waals surface area contributed by atoms with Crippen molar-refractivity contribution >= 4 is 17.7 Å². The number of carbonyl (C=O) groups is 1. The van der Waals surface area contributed by atoms with Gasteiger partial charge in [-0.1, -0.05) is 18.7 Å². The van der Waals surface area contributed by atoms with Gasteiger partial charge in [-0.05, 0) is 37.6 Å². The summed E-state index contributed by atoms with van der Waals surface area (Å²) in [5.41, 5.74) is 1.79. The first kappa shape index (κ1) is 15.4. The summed E-state index contributed by atoms with van der Waals surface area (Å²) in [6.07, 6.45) is 2.87. The second-order valence-corrected chi connectivity index (χ2v) is 5.50. The highest BCUT2D eigenvalue weighted by Gasteiger charge is 2.10. The molecule has 0 bridgehead atoms. The summed E-state index contributed by atoms with van der Waals surface area (Å²) in [5, 5.41) is 9.47. The average Bonchev–Trinajstić information content (AvgIpc) is 2.84. The molecule has 0 atom stereocenters. The lowest BCUT2D eigenvalue weighted by Gasteiger charge is -2.08. The van der Waals surface area contributed by atoms with Crippen LogP contribution in [0.25, 0.3) is 5.69 Å². The van der Waals surface area contributed by atoms with Gasteiger partial charge in [0.05, 0.1) is 18.1 Å². The number of carboxylic acid groups (broad SMARTS) is 1. The van der Waals surface area contributed by atoms with E-state index in [1.54, 1.807) is 0 Å². The molecule has 0 radical (unpaired) electrons. The predicted molar refractivity (Wildman–Crippen MR) is 82.4 cm³/mol. The smallest absolute Gasteiger partial charge is 0.313 e. The third kappa shape index (κ3) is 4.26. The third-order valence-electron chi connectivity index (χ3n) is 2.71. The summed E-state index contributed by atoms with van der Waals surface area (Å²) in [7, 11) is 0. The number of ether oxygens (including phenoxy) is 1. The van der Waals surface area contributed by atoms with Gasteiger partial charge in [0.25, 0.3) is 0 Å². The van der Waals surface area contributed by atoms with Crippen LogP contribution in [0.5, 0.6) is 5.75 Å². The van der Waals surface area contributed by atoms with Gasteiger partial charge >= 0.3 is 5.97 Å². The van der Waals surface area contributed by atoms with Crippen LogP contribution >= 0.6 is 11.8 Å². The minimum absolute atomic E-state index is 0.00581. The van der Waals surface area contributed by atoms with Crippen molar-refractivity contribution < 1.29 is 14.6 Å². The van der Waals surface area contributed by atoms with Gasteiger partial charge in [-0.25, -0.2) is 4.98 Å². The van der Waals surface area contributed by atoms with E-state index < -0.39 is 5.97 Å². The highest BCUT2D eigenvalue weighted by atomic mass is 32.2. The summed E-state index contributed by atoms with van der Waals surface area (Å²) in [5.74, 6) is -0.0265. The molecule has 0 aliphatic rings. The number of aromatic nitrogens is 2. The van der Waals surface area contributed by atoms with E-state index in [1.165, 1.54) is 11.8 Å². The standard InChI is InChI=1S/C15H18N2O3S/c1-3-8-20-13-6-4-12(5-7-13)17-9-11(2)16-15(17)21-10-14(18)19/h4-7,9H,3,8,10H2,1-2H3,(H,18,19). The highest BCUT2D eigenvalue weighted by Crippen LogP contribution is 2.23. The van der Waals surface area contributed by atoms with E-state index in [2.05, 4.69) is 11.9 Å². The Morgan fingerprint density at radius 3 is 2.71 bits per heavy atom. The molecule has 0 aliphatic heterocycles. The topological polar surface area (TPSA) is 64.4 Å². The Labute approximate surface area is 128 Å². The van der Waals surface area contributed by atoms with Gasteiger partial charge in [0.1, 0.15) is 5.75 Å². The van der Waals surface area contributed by atoms with Crippen LogP contribution in [0.15, 0.2) is 35.6 Å². The number of hydrogen-bond donors (Lipinski definition) is 1. The molecule has 0 unspecified atom stereocenters. The number of imidazole rings is 1. The molecular weight excluding hydrogens is 288 g/mol. The quantitative estimate of drug-likeness (QED) is 0.796. The molecule has 0 saturated heterocycles. The fourth-order valence-electron chi connectivity index (χ4n) is 1.81. The number of aryl methyl sites for hydroxylation is 1. The molecule has 1 N–H and O–H groups in total. The summed E-state index contributed by atoms with van der Waals surface area (Å²) < 4.78 is 7.45. The molecule has 6 heteroatoms. The monoisotopic (exact) mass is 306 g/mol. The average molecular weight is 306 g/mol. The van der Waals surface area contributed by atoms with Gasteiger partial charge in [-0.3, -0.25) is 9.36 Å². The summed E-state index contributed by atoms with van der Waals surface area (Å²) in [6.45, 7) is 4.65. The number of hydrogen-bond acceptors (Lipinski definition) is 4. The fraction of sp³-hybridized carbons (Fsp3) is 0.333. The third-order valence-corrected chi connectivity index (χ3v) is 3.64. The van der Waals surface area contributed by atoms with Crippen molar-refractivity contribution in [3.8, 4) is 11.4 Å². The van der Waals surface area contributed by atoms with Crippen LogP contribution in [0.2, 0.25) is 0 Å². The van der Waals surface area contributed by atoms with Crippen molar-refractivity contribution in [2.75, 3.05) is 12.4 Å². The molecule has 0 aliphatic carbocycles. The lowest BCUT2D eigenvalue weighted by molar-refractivity contribution is -0.133. The van der Waals surface area contributed by atoms with Gasteiger partial charge in [0.2, 0.25) is 0 Å². The number of rotatable bonds is 7. The van der Waals surface area contributed by atoms with E-state index in [4.69, 9.17) is 9.84 Å². The Balaban J connectivity index is 2.18. The first-order valence-corrected chi connectivity index (χ1v) is 7.72. The number of thioether (sulfide) groups is 1. The van der Waals surface area contributed by atoms with Gasteiger partial charge in [-0.15, -0.1) is 0 Å². The van der Waals surface area contributed by atoms with Crippen molar-refractivity contribution in [1.82, 2.24) is 9.55 Å². The summed E-state index contributed by atoms with van der Waals surface area (Å²) in [6, 6.07) is 7.70. The number of nitrogens with zero attached hydrogens (tertiary/aromatic N) is 2. The minimum atomic E-state index is -0.851. The number of benzene rings is 1. The Morgan fingerprint density at radius 2 is 2.10 bits per heavy atom. The largest absolute Gasteiger partial charge is 0.494 e. The molecule has 2 rings (SSSR count). The van der Waals surface area contributed by atoms with Crippen LogP contribution in [-0.4, -0.2) is 33.0 Å². The Hall–Kier alpha value is -1.95. The normalized spacial score (nSPS) is 10.6. The second-order valence-electron chi connectivity index (χ2n) is 4.56. The molecule has 1 aromatic heterocycles. The minimum Gasteiger partial charge on any atom is -0.494 e. The van der Waals surface area contributed by atoms with Crippen LogP contribution in [0.3, 0.4) is 0 Å². The lowest BCUT2D eigenvalue weighted by Crippen LogP contribution is -2.01. The van der Waals surface area contributed by atoms with Gasteiger partial charge in [0.15, 0.2) is 5.16 Å². The van der Waals surface area contributed by atoms with Crippen molar-refractivity contribution in [1.29, 1.82) is 0 Å². The van der Waals surface area contributed by atoms with Crippen molar-refractivity contribution in [2.45, 2.75) is 25.4 Å². The maximum absolute atomic E-state index is 10.7. The first-order chi connectivity index (χ1) is 10.1. The van der Waals surface area contributed by atoms with Crippen LogP contribution in [0.4, 0.5) is 0 Å². The number of carboxylic acids is 1. The molecule has 112 valence electrons. The molecule has 0 amide bonds. The van der Waals surface area contributed by atoms with Gasteiger partial charge in [-0.2, -0.15) is 0 Å². The van der Waals surface area contributed by atoms with Crippen LogP contribution in [0, 0.1) is 6.92 Å². The molecule has 21 heavy (non-hydrogen) atoms. The molecule has 0 fully saturated rings. The van der Waals surface area contributed by atoms with E-state index in [1.807, 2.05) is 42.0 Å². The molecule has 5 nitrogen and oxygen atoms in total.